The minimum Gasteiger partial charge on any atom is -0.399 e. The van der Waals surface area contributed by atoms with Crippen LogP contribution >= 0.6 is 11.3 Å². The number of benzene rings is 1. The summed E-state index contributed by atoms with van der Waals surface area (Å²) >= 11 is 1.81. The number of hydrogen-bond donors (Lipinski definition) is 1. The van der Waals surface area contributed by atoms with E-state index in [1.54, 1.807) is 11.3 Å². The first kappa shape index (κ1) is 13.0. The van der Waals surface area contributed by atoms with Crippen molar-refractivity contribution < 1.29 is 0 Å². The molecule has 0 atom stereocenters. The molecule has 0 aliphatic rings. The molecular weight excluding hydrogens is 240 g/mol. The van der Waals surface area contributed by atoms with Gasteiger partial charge in [0.1, 0.15) is 0 Å². The first-order chi connectivity index (χ1) is 8.58. The molecule has 1 heterocycles. The zero-order chi connectivity index (χ0) is 13.1. The second-order valence-electron chi connectivity index (χ2n) is 4.85. The lowest BCUT2D eigenvalue weighted by Crippen LogP contribution is -2.30. The number of nitrogens with two attached hydrogens (primary N) is 1. The lowest BCUT2D eigenvalue weighted by Gasteiger charge is -2.30. The molecule has 2 rings (SSSR count). The number of hydrogen-bond acceptors (Lipinski definition) is 3. The molecule has 0 radical (unpaired) electrons. The van der Waals surface area contributed by atoms with E-state index < -0.39 is 0 Å². The Kier molecular flexibility index (Phi) is 3.92. The van der Waals surface area contributed by atoms with E-state index in [1.165, 1.54) is 16.1 Å². The predicted molar refractivity (Wildman–Crippen MR) is 81.2 cm³/mol. The van der Waals surface area contributed by atoms with E-state index in [0.29, 0.717) is 6.04 Å². The van der Waals surface area contributed by atoms with E-state index in [0.717, 1.165) is 12.2 Å². The molecule has 0 unspecified atom stereocenters. The number of nitrogens with zero attached hydrogens (tertiary/aromatic N) is 1. The molecule has 0 bridgehead atoms. The largest absolute Gasteiger partial charge is 0.399 e. The van der Waals surface area contributed by atoms with Gasteiger partial charge in [-0.25, -0.2) is 0 Å². The van der Waals surface area contributed by atoms with Crippen LogP contribution < -0.4 is 10.6 Å². The summed E-state index contributed by atoms with van der Waals surface area (Å²) in [6.07, 6.45) is 0. The molecule has 96 valence electrons. The molecule has 0 aliphatic heterocycles. The summed E-state index contributed by atoms with van der Waals surface area (Å²) in [5.74, 6) is 0. The van der Waals surface area contributed by atoms with Crippen molar-refractivity contribution in [3.05, 3.63) is 46.2 Å². The van der Waals surface area contributed by atoms with Gasteiger partial charge in [0.05, 0.1) is 6.54 Å². The third-order valence-electron chi connectivity index (χ3n) is 3.06. The van der Waals surface area contributed by atoms with Gasteiger partial charge in [0.2, 0.25) is 0 Å². The maximum Gasteiger partial charge on any atom is 0.0525 e. The summed E-state index contributed by atoms with van der Waals surface area (Å²) in [6.45, 7) is 7.53. The fourth-order valence-electron chi connectivity index (χ4n) is 2.12. The van der Waals surface area contributed by atoms with Gasteiger partial charge in [-0.3, -0.25) is 0 Å². The summed E-state index contributed by atoms with van der Waals surface area (Å²) in [6, 6.07) is 10.9. The van der Waals surface area contributed by atoms with Gasteiger partial charge in [-0.1, -0.05) is 6.07 Å². The molecule has 2 nitrogen and oxygen atoms in total. The zero-order valence-electron chi connectivity index (χ0n) is 11.2. The molecule has 0 saturated carbocycles. The van der Waals surface area contributed by atoms with Crippen LogP contribution in [0.1, 0.15) is 24.3 Å². The normalized spacial score (nSPS) is 10.9. The lowest BCUT2D eigenvalue weighted by atomic mass is 10.1. The first-order valence-corrected chi connectivity index (χ1v) is 7.11. The molecule has 1 aromatic carbocycles. The third kappa shape index (κ3) is 2.85. The Balaban J connectivity index is 2.29. The van der Waals surface area contributed by atoms with E-state index >= 15 is 0 Å². The molecule has 0 fully saturated rings. The number of nitrogen functional groups attached to an aromatic ring is 1. The van der Waals surface area contributed by atoms with Crippen LogP contribution in [-0.4, -0.2) is 6.04 Å². The molecule has 0 amide bonds. The highest BCUT2D eigenvalue weighted by atomic mass is 32.1. The van der Waals surface area contributed by atoms with Crippen molar-refractivity contribution in [2.24, 2.45) is 0 Å². The summed E-state index contributed by atoms with van der Waals surface area (Å²) < 4.78 is 0. The zero-order valence-corrected chi connectivity index (χ0v) is 12.0. The van der Waals surface area contributed by atoms with Crippen molar-refractivity contribution in [1.29, 1.82) is 0 Å². The number of anilines is 2. The average Bonchev–Trinajstić information content (AvgIpc) is 2.79. The molecule has 1 aromatic heterocycles. The minimum atomic E-state index is 0.467. The first-order valence-electron chi connectivity index (χ1n) is 6.23. The quantitative estimate of drug-likeness (QED) is 0.840. The van der Waals surface area contributed by atoms with Gasteiger partial charge in [-0.15, -0.1) is 11.3 Å². The second kappa shape index (κ2) is 5.44. The van der Waals surface area contributed by atoms with Gasteiger partial charge in [-0.05, 0) is 56.0 Å². The smallest absolute Gasteiger partial charge is 0.0525 e. The van der Waals surface area contributed by atoms with E-state index in [9.17, 15) is 0 Å². The second-order valence-corrected chi connectivity index (χ2v) is 5.88. The number of rotatable bonds is 4. The average molecular weight is 260 g/mol. The van der Waals surface area contributed by atoms with Crippen molar-refractivity contribution in [3.8, 4) is 0 Å². The predicted octanol–water partition coefficient (Wildman–Crippen LogP) is 4.05. The molecule has 0 spiro atoms. The van der Waals surface area contributed by atoms with E-state index in [1.807, 2.05) is 12.1 Å². The molecule has 2 N–H and O–H groups in total. The Morgan fingerprint density at radius 1 is 1.28 bits per heavy atom. The Morgan fingerprint density at radius 2 is 2.06 bits per heavy atom. The Labute approximate surface area is 113 Å². The Bertz CT molecular complexity index is 503. The minimum absolute atomic E-state index is 0.467. The number of aryl methyl sites for hydroxylation is 1. The van der Waals surface area contributed by atoms with Crippen molar-refractivity contribution in [2.75, 3.05) is 10.6 Å². The van der Waals surface area contributed by atoms with Gasteiger partial charge in [0, 0.05) is 22.3 Å². The fourth-order valence-corrected chi connectivity index (χ4v) is 2.82. The lowest BCUT2D eigenvalue weighted by molar-refractivity contribution is 0.685. The van der Waals surface area contributed by atoms with Crippen LogP contribution in [0.15, 0.2) is 35.7 Å². The molecule has 18 heavy (non-hydrogen) atoms. The fraction of sp³-hybridized carbons (Fsp3) is 0.333. The molecule has 0 aliphatic carbocycles. The topological polar surface area (TPSA) is 29.3 Å². The van der Waals surface area contributed by atoms with Crippen LogP contribution in [0.25, 0.3) is 0 Å². The standard InChI is InChI=1S/C15H20N2S/c1-11(2)17(10-14-5-4-8-18-14)15-7-6-13(16)9-12(15)3/h4-9,11H,10,16H2,1-3H3. The summed E-state index contributed by atoms with van der Waals surface area (Å²) in [4.78, 5) is 3.81. The van der Waals surface area contributed by atoms with Gasteiger partial charge in [0.15, 0.2) is 0 Å². The van der Waals surface area contributed by atoms with Gasteiger partial charge < -0.3 is 10.6 Å². The Hall–Kier alpha value is -1.48. The maximum absolute atomic E-state index is 5.82. The van der Waals surface area contributed by atoms with Crippen molar-refractivity contribution in [2.45, 2.75) is 33.4 Å². The third-order valence-corrected chi connectivity index (χ3v) is 3.92. The van der Waals surface area contributed by atoms with Crippen LogP contribution in [0.2, 0.25) is 0 Å². The van der Waals surface area contributed by atoms with Crippen LogP contribution in [-0.2, 0) is 6.54 Å². The molecule has 2 aromatic rings. The molecular formula is C15H20N2S. The summed E-state index contributed by atoms with van der Waals surface area (Å²) in [5.41, 5.74) is 9.16. The van der Waals surface area contributed by atoms with Crippen LogP contribution in [0, 0.1) is 6.92 Å². The Morgan fingerprint density at radius 3 is 2.61 bits per heavy atom. The van der Waals surface area contributed by atoms with E-state index in [-0.39, 0.29) is 0 Å². The van der Waals surface area contributed by atoms with Crippen LogP contribution in [0.4, 0.5) is 11.4 Å². The number of thiophene rings is 1. The molecule has 0 saturated heterocycles. The monoisotopic (exact) mass is 260 g/mol. The summed E-state index contributed by atoms with van der Waals surface area (Å²) in [7, 11) is 0. The van der Waals surface area contributed by atoms with Crippen LogP contribution in [0.3, 0.4) is 0 Å². The van der Waals surface area contributed by atoms with E-state index in [2.05, 4.69) is 49.3 Å². The van der Waals surface area contributed by atoms with Crippen molar-refractivity contribution in [3.63, 3.8) is 0 Å². The summed E-state index contributed by atoms with van der Waals surface area (Å²) in [5, 5.41) is 2.13. The van der Waals surface area contributed by atoms with E-state index in [4.69, 9.17) is 5.73 Å². The maximum atomic E-state index is 5.82. The highest BCUT2D eigenvalue weighted by Crippen LogP contribution is 2.26. The molecule has 3 heteroatoms. The van der Waals surface area contributed by atoms with Gasteiger partial charge >= 0.3 is 0 Å². The van der Waals surface area contributed by atoms with Crippen molar-refractivity contribution in [1.82, 2.24) is 0 Å². The van der Waals surface area contributed by atoms with Crippen LogP contribution in [0.5, 0.6) is 0 Å². The van der Waals surface area contributed by atoms with Crippen molar-refractivity contribution >= 4 is 22.7 Å². The highest BCUT2D eigenvalue weighted by Gasteiger charge is 2.13. The SMILES string of the molecule is Cc1cc(N)ccc1N(Cc1cccs1)C(C)C. The van der Waals surface area contributed by atoms with Gasteiger partial charge in [-0.2, -0.15) is 0 Å². The highest BCUT2D eigenvalue weighted by molar-refractivity contribution is 7.09. The van der Waals surface area contributed by atoms with Gasteiger partial charge in [0.25, 0.3) is 0 Å².